The Morgan fingerprint density at radius 2 is 2.08 bits per heavy atom. The summed E-state index contributed by atoms with van der Waals surface area (Å²) in [5.41, 5.74) is 0. The molecule has 0 fully saturated rings. The molecule has 1 radical (unpaired) electrons. The van der Waals surface area contributed by atoms with Crippen molar-refractivity contribution in [2.75, 3.05) is 0 Å². The smallest absolute Gasteiger partial charge is 0.329 e. The largest absolute Gasteiger partial charge is 0.338 e. The Kier molecular flexibility index (Phi) is 4.72. The summed E-state index contributed by atoms with van der Waals surface area (Å²) in [6.07, 6.45) is 1.73. The first-order valence-corrected chi connectivity index (χ1v) is 3.91. The Hall–Kier alpha value is -1.39. The quantitative estimate of drug-likeness (QED) is 0.591. The maximum atomic E-state index is 11.1. The first-order chi connectivity index (χ1) is 6.02. The van der Waals surface area contributed by atoms with E-state index in [1.807, 2.05) is 0 Å². The monoisotopic (exact) mass is 186 g/mol. The van der Waals surface area contributed by atoms with Crippen LogP contribution in [0.25, 0.3) is 0 Å². The second-order valence-corrected chi connectivity index (χ2v) is 2.45. The van der Waals surface area contributed by atoms with Gasteiger partial charge in [-0.1, -0.05) is 6.92 Å². The van der Waals surface area contributed by atoms with Crippen molar-refractivity contribution in [3.05, 3.63) is 0 Å². The van der Waals surface area contributed by atoms with Crippen LogP contribution in [0.1, 0.15) is 27.2 Å². The van der Waals surface area contributed by atoms with Crippen molar-refractivity contribution in [3.63, 3.8) is 0 Å². The summed E-state index contributed by atoms with van der Waals surface area (Å²) in [5, 5.41) is 0.731. The maximum absolute atomic E-state index is 11.1. The second-order valence-electron chi connectivity index (χ2n) is 2.45. The molecule has 0 N–H and O–H groups in total. The molecular weight excluding hydrogens is 174 g/mol. The lowest BCUT2D eigenvalue weighted by atomic mass is 10.3. The van der Waals surface area contributed by atoms with Crippen molar-refractivity contribution < 1.29 is 19.2 Å². The molecular formula is C8H12NO4. The van der Waals surface area contributed by atoms with Gasteiger partial charge >= 0.3 is 5.97 Å². The highest BCUT2D eigenvalue weighted by atomic mass is 16.7. The van der Waals surface area contributed by atoms with Gasteiger partial charge in [0, 0.05) is 13.3 Å². The van der Waals surface area contributed by atoms with Gasteiger partial charge in [0.1, 0.15) is 6.04 Å². The first-order valence-electron chi connectivity index (χ1n) is 3.91. The fourth-order valence-electron chi connectivity index (χ4n) is 0.688. The number of carbonyl (C=O) groups excluding carboxylic acids is 3. The summed E-state index contributed by atoms with van der Waals surface area (Å²) < 4.78 is 0. The third-order valence-electron chi connectivity index (χ3n) is 1.30. The number of nitrogens with zero attached hydrogens (tertiary/aromatic N) is 1. The molecule has 0 aromatic carbocycles. The van der Waals surface area contributed by atoms with E-state index < -0.39 is 17.9 Å². The number of carbonyl (C=O) groups is 2. The summed E-state index contributed by atoms with van der Waals surface area (Å²) in [4.78, 5) is 36.4. The predicted molar refractivity (Wildman–Crippen MR) is 44.1 cm³/mol. The molecule has 0 saturated heterocycles. The average molecular weight is 186 g/mol. The molecule has 73 valence electrons. The zero-order chi connectivity index (χ0) is 10.4. The zero-order valence-corrected chi connectivity index (χ0v) is 7.86. The molecule has 0 aliphatic heterocycles. The van der Waals surface area contributed by atoms with Crippen molar-refractivity contribution in [1.82, 2.24) is 5.06 Å². The number of amides is 1. The highest BCUT2D eigenvalue weighted by Crippen LogP contribution is 2.01. The molecule has 5 heteroatoms. The number of rotatable bonds is 3. The molecule has 0 aliphatic rings. The van der Waals surface area contributed by atoms with Crippen LogP contribution in [0.2, 0.25) is 0 Å². The standard InChI is InChI=1S/C8H12NO4/c1-4-8(12)9(6(2)5-10)13-7(3)11/h6H,4H2,1-3H3. The van der Waals surface area contributed by atoms with Gasteiger partial charge in [-0.3, -0.25) is 14.4 Å². The number of hydrogen-bond acceptors (Lipinski definition) is 4. The van der Waals surface area contributed by atoms with E-state index in [1.165, 1.54) is 6.92 Å². The number of hydroxylamine groups is 2. The van der Waals surface area contributed by atoms with Crippen molar-refractivity contribution in [3.8, 4) is 0 Å². The molecule has 0 aliphatic carbocycles. The topological polar surface area (TPSA) is 63.7 Å². The normalized spacial score (nSPS) is 11.6. The summed E-state index contributed by atoms with van der Waals surface area (Å²) in [6, 6.07) is -0.864. The van der Waals surface area contributed by atoms with Gasteiger partial charge in [0.2, 0.25) is 6.29 Å². The van der Waals surface area contributed by atoms with E-state index >= 15 is 0 Å². The van der Waals surface area contributed by atoms with E-state index in [0.29, 0.717) is 0 Å². The fourth-order valence-corrected chi connectivity index (χ4v) is 0.688. The fraction of sp³-hybridized carbons (Fsp3) is 0.625. The van der Waals surface area contributed by atoms with Crippen LogP contribution in [0.15, 0.2) is 0 Å². The minimum absolute atomic E-state index is 0.166. The van der Waals surface area contributed by atoms with Crippen LogP contribution in [-0.4, -0.2) is 29.3 Å². The molecule has 1 atom stereocenters. The summed E-state index contributed by atoms with van der Waals surface area (Å²) >= 11 is 0. The van der Waals surface area contributed by atoms with Gasteiger partial charge in [0.05, 0.1) is 0 Å². The molecule has 0 rings (SSSR count). The number of hydrogen-bond donors (Lipinski definition) is 0. The average Bonchev–Trinajstić information content (AvgIpc) is 2.11. The van der Waals surface area contributed by atoms with Gasteiger partial charge in [-0.05, 0) is 6.92 Å². The lowest BCUT2D eigenvalue weighted by molar-refractivity contribution is -0.199. The SMILES string of the molecule is CCC(=O)N(OC(C)=O)C(C)[C]=O. The molecule has 0 saturated carbocycles. The minimum Gasteiger partial charge on any atom is -0.338 e. The van der Waals surface area contributed by atoms with Crippen molar-refractivity contribution in [2.45, 2.75) is 33.2 Å². The predicted octanol–water partition coefficient (Wildman–Crippen LogP) is 0.201. The van der Waals surface area contributed by atoms with Gasteiger partial charge in [-0.25, -0.2) is 0 Å². The minimum atomic E-state index is -0.864. The van der Waals surface area contributed by atoms with Crippen molar-refractivity contribution in [1.29, 1.82) is 0 Å². The maximum Gasteiger partial charge on any atom is 0.329 e. The van der Waals surface area contributed by atoms with Gasteiger partial charge in [0.15, 0.2) is 0 Å². The molecule has 0 aromatic rings. The molecule has 1 unspecified atom stereocenters. The van der Waals surface area contributed by atoms with E-state index in [1.54, 1.807) is 13.2 Å². The second kappa shape index (κ2) is 5.29. The van der Waals surface area contributed by atoms with Crippen LogP contribution in [0.5, 0.6) is 0 Å². The van der Waals surface area contributed by atoms with E-state index in [4.69, 9.17) is 0 Å². The van der Waals surface area contributed by atoms with E-state index in [9.17, 15) is 14.4 Å². The van der Waals surface area contributed by atoms with Crippen LogP contribution in [0.3, 0.4) is 0 Å². The third-order valence-corrected chi connectivity index (χ3v) is 1.30. The lowest BCUT2D eigenvalue weighted by Crippen LogP contribution is -2.40. The van der Waals surface area contributed by atoms with Gasteiger partial charge in [-0.2, -0.15) is 5.06 Å². The third kappa shape index (κ3) is 3.68. The summed E-state index contributed by atoms with van der Waals surface area (Å²) in [7, 11) is 0. The van der Waals surface area contributed by atoms with Crippen LogP contribution >= 0.6 is 0 Å². The van der Waals surface area contributed by atoms with Gasteiger partial charge < -0.3 is 4.84 Å². The van der Waals surface area contributed by atoms with E-state index in [-0.39, 0.29) is 6.42 Å². The zero-order valence-electron chi connectivity index (χ0n) is 7.86. The van der Waals surface area contributed by atoms with Crippen LogP contribution in [-0.2, 0) is 19.2 Å². The Balaban J connectivity index is 4.44. The van der Waals surface area contributed by atoms with E-state index in [0.717, 1.165) is 12.0 Å². The van der Waals surface area contributed by atoms with Crippen LogP contribution in [0.4, 0.5) is 0 Å². The highest BCUT2D eigenvalue weighted by Gasteiger charge is 2.21. The van der Waals surface area contributed by atoms with Crippen molar-refractivity contribution >= 4 is 18.2 Å². The summed E-state index contributed by atoms with van der Waals surface area (Å²) in [6.45, 7) is 4.19. The molecule has 1 amide bonds. The van der Waals surface area contributed by atoms with E-state index in [2.05, 4.69) is 4.84 Å². The molecule has 13 heavy (non-hydrogen) atoms. The molecule has 0 bridgehead atoms. The molecule has 0 spiro atoms. The Morgan fingerprint density at radius 3 is 2.38 bits per heavy atom. The highest BCUT2D eigenvalue weighted by molar-refractivity contribution is 5.80. The lowest BCUT2D eigenvalue weighted by Gasteiger charge is -2.21. The molecule has 0 heterocycles. The van der Waals surface area contributed by atoms with Crippen molar-refractivity contribution in [2.24, 2.45) is 0 Å². The first kappa shape index (κ1) is 11.6. The molecule has 0 aromatic heterocycles. The summed E-state index contributed by atoms with van der Waals surface area (Å²) in [5.74, 6) is -1.06. The Morgan fingerprint density at radius 1 is 1.54 bits per heavy atom. The van der Waals surface area contributed by atoms with Crippen LogP contribution < -0.4 is 0 Å². The molecule has 5 nitrogen and oxygen atoms in total. The van der Waals surface area contributed by atoms with Gasteiger partial charge in [0.25, 0.3) is 5.91 Å². The Labute approximate surface area is 76.6 Å². The Bertz CT molecular complexity index is 214. The van der Waals surface area contributed by atoms with Gasteiger partial charge in [-0.15, -0.1) is 0 Å². The van der Waals surface area contributed by atoms with Crippen LogP contribution in [0, 0.1) is 0 Å².